The highest BCUT2D eigenvalue weighted by Crippen LogP contribution is 2.32. The molecule has 1 saturated heterocycles. The molecule has 3 heterocycles. The maximum absolute atomic E-state index is 12.1. The third-order valence-corrected chi connectivity index (χ3v) is 3.95. The average Bonchev–Trinajstić information content (AvgIpc) is 2.98. The molecular formula is C13H18N4O5. The molecule has 22 heavy (non-hydrogen) atoms. The lowest BCUT2D eigenvalue weighted by molar-refractivity contribution is -0.0509. The van der Waals surface area contributed by atoms with Gasteiger partial charge in [0.2, 0.25) is 5.95 Å². The molecule has 2 aromatic heterocycles. The molecule has 0 saturated carbocycles. The van der Waals surface area contributed by atoms with Crippen molar-refractivity contribution in [3.8, 4) is 0 Å². The second kappa shape index (κ2) is 5.36. The van der Waals surface area contributed by atoms with Gasteiger partial charge in [-0.05, 0) is 12.0 Å². The van der Waals surface area contributed by atoms with Gasteiger partial charge >= 0.3 is 0 Å². The molecule has 0 aromatic carbocycles. The number of H-pyrrole nitrogens is 1. The molecule has 6 N–H and O–H groups in total. The van der Waals surface area contributed by atoms with E-state index in [-0.39, 0.29) is 17.2 Å². The first-order valence-electron chi connectivity index (χ1n) is 6.99. The van der Waals surface area contributed by atoms with Crippen molar-refractivity contribution in [2.24, 2.45) is 0 Å². The van der Waals surface area contributed by atoms with Crippen LogP contribution in [0.15, 0.2) is 11.0 Å². The lowest BCUT2D eigenvalue weighted by Crippen LogP contribution is -2.33. The monoisotopic (exact) mass is 310 g/mol. The molecule has 0 amide bonds. The summed E-state index contributed by atoms with van der Waals surface area (Å²) >= 11 is 0. The summed E-state index contributed by atoms with van der Waals surface area (Å²) in [5.41, 5.74) is 6.21. The third kappa shape index (κ3) is 2.10. The van der Waals surface area contributed by atoms with Crippen LogP contribution < -0.4 is 11.3 Å². The molecule has 1 aliphatic rings. The summed E-state index contributed by atoms with van der Waals surface area (Å²) < 4.78 is 6.96. The highest BCUT2D eigenvalue weighted by Gasteiger charge is 2.44. The number of ether oxygens (including phenoxy) is 1. The number of anilines is 1. The smallest absolute Gasteiger partial charge is 0.262 e. The molecule has 120 valence electrons. The van der Waals surface area contributed by atoms with E-state index in [1.807, 2.05) is 6.92 Å². The second-order valence-corrected chi connectivity index (χ2v) is 5.29. The van der Waals surface area contributed by atoms with Crippen LogP contribution >= 0.6 is 0 Å². The molecule has 0 spiro atoms. The van der Waals surface area contributed by atoms with Crippen molar-refractivity contribution in [1.82, 2.24) is 14.5 Å². The fourth-order valence-electron chi connectivity index (χ4n) is 2.82. The van der Waals surface area contributed by atoms with E-state index in [2.05, 4.69) is 9.97 Å². The zero-order chi connectivity index (χ0) is 16.0. The van der Waals surface area contributed by atoms with E-state index in [9.17, 15) is 20.1 Å². The predicted octanol–water partition coefficient (Wildman–Crippen LogP) is -1.52. The Bertz CT molecular complexity index is 755. The van der Waals surface area contributed by atoms with Gasteiger partial charge in [0.15, 0.2) is 11.9 Å². The molecule has 0 radical (unpaired) electrons. The molecule has 1 fully saturated rings. The number of aliphatic hydroxyl groups excluding tert-OH is 3. The van der Waals surface area contributed by atoms with Crippen molar-refractivity contribution < 1.29 is 20.1 Å². The second-order valence-electron chi connectivity index (χ2n) is 5.29. The van der Waals surface area contributed by atoms with Crippen LogP contribution in [0.25, 0.3) is 11.0 Å². The summed E-state index contributed by atoms with van der Waals surface area (Å²) in [4.78, 5) is 18.6. The SMILES string of the molecule is CCc1cn([C@@H]2O[C@H](CO)[C@@H](O)[C@H]2O)c2nc(N)[nH]c(=O)c12. The van der Waals surface area contributed by atoms with Crippen molar-refractivity contribution in [3.05, 3.63) is 22.1 Å². The van der Waals surface area contributed by atoms with Crippen molar-refractivity contribution >= 4 is 17.0 Å². The van der Waals surface area contributed by atoms with E-state index in [0.717, 1.165) is 5.56 Å². The first-order chi connectivity index (χ1) is 10.5. The summed E-state index contributed by atoms with van der Waals surface area (Å²) in [5.74, 6) is -0.0498. The van der Waals surface area contributed by atoms with Crippen LogP contribution in [-0.4, -0.2) is 54.8 Å². The van der Waals surface area contributed by atoms with E-state index >= 15 is 0 Å². The molecule has 9 nitrogen and oxygen atoms in total. The molecule has 3 rings (SSSR count). The Kier molecular flexibility index (Phi) is 3.65. The van der Waals surface area contributed by atoms with E-state index in [0.29, 0.717) is 11.8 Å². The summed E-state index contributed by atoms with van der Waals surface area (Å²) in [5, 5.41) is 29.6. The maximum atomic E-state index is 12.1. The first-order valence-corrected chi connectivity index (χ1v) is 6.99. The average molecular weight is 310 g/mol. The predicted molar refractivity (Wildman–Crippen MR) is 77.2 cm³/mol. The largest absolute Gasteiger partial charge is 0.394 e. The van der Waals surface area contributed by atoms with Crippen molar-refractivity contribution in [2.45, 2.75) is 37.9 Å². The number of aryl methyl sites for hydroxylation is 1. The molecule has 0 bridgehead atoms. The number of hydrogen-bond donors (Lipinski definition) is 5. The van der Waals surface area contributed by atoms with Gasteiger partial charge in [-0.25, -0.2) is 0 Å². The van der Waals surface area contributed by atoms with Gasteiger partial charge in [0.1, 0.15) is 18.3 Å². The van der Waals surface area contributed by atoms with Crippen LogP contribution in [0.5, 0.6) is 0 Å². The van der Waals surface area contributed by atoms with Gasteiger partial charge in [-0.2, -0.15) is 4.98 Å². The number of nitrogens with zero attached hydrogens (tertiary/aromatic N) is 2. The minimum atomic E-state index is -1.25. The summed E-state index contributed by atoms with van der Waals surface area (Å²) in [6.45, 7) is 1.46. The summed E-state index contributed by atoms with van der Waals surface area (Å²) in [7, 11) is 0. The quantitative estimate of drug-likeness (QED) is 0.462. The van der Waals surface area contributed by atoms with Gasteiger partial charge < -0.3 is 30.4 Å². The topological polar surface area (TPSA) is 147 Å². The number of aliphatic hydroxyl groups is 3. The van der Waals surface area contributed by atoms with E-state index in [1.165, 1.54) is 4.57 Å². The van der Waals surface area contributed by atoms with Crippen LogP contribution in [0.1, 0.15) is 18.7 Å². The molecule has 0 aliphatic carbocycles. The van der Waals surface area contributed by atoms with Crippen molar-refractivity contribution in [3.63, 3.8) is 0 Å². The van der Waals surface area contributed by atoms with Crippen molar-refractivity contribution in [2.75, 3.05) is 12.3 Å². The summed E-state index contributed by atoms with van der Waals surface area (Å²) in [6, 6.07) is 0. The van der Waals surface area contributed by atoms with Crippen LogP contribution in [0.2, 0.25) is 0 Å². The lowest BCUT2D eigenvalue weighted by atomic mass is 10.1. The fraction of sp³-hybridized carbons (Fsp3) is 0.538. The first kappa shape index (κ1) is 15.0. The minimum absolute atomic E-state index is 0.0498. The Labute approximate surface area is 125 Å². The molecule has 4 atom stereocenters. The van der Waals surface area contributed by atoms with Gasteiger partial charge in [-0.15, -0.1) is 0 Å². The maximum Gasteiger partial charge on any atom is 0.262 e. The van der Waals surface area contributed by atoms with E-state index in [1.54, 1.807) is 6.20 Å². The Morgan fingerprint density at radius 2 is 2.18 bits per heavy atom. The van der Waals surface area contributed by atoms with Gasteiger partial charge in [-0.3, -0.25) is 9.78 Å². The number of nitrogen functional groups attached to an aromatic ring is 1. The highest BCUT2D eigenvalue weighted by atomic mass is 16.6. The van der Waals surface area contributed by atoms with Gasteiger partial charge in [0.05, 0.1) is 12.0 Å². The minimum Gasteiger partial charge on any atom is -0.394 e. The van der Waals surface area contributed by atoms with Gasteiger partial charge in [0, 0.05) is 6.20 Å². The Morgan fingerprint density at radius 1 is 1.45 bits per heavy atom. The zero-order valence-electron chi connectivity index (χ0n) is 11.9. The van der Waals surface area contributed by atoms with Crippen LogP contribution in [-0.2, 0) is 11.2 Å². The summed E-state index contributed by atoms with van der Waals surface area (Å²) in [6.07, 6.45) is -2.11. The fourth-order valence-corrected chi connectivity index (χ4v) is 2.82. The number of aromatic nitrogens is 3. The van der Waals surface area contributed by atoms with E-state index < -0.39 is 31.1 Å². The van der Waals surface area contributed by atoms with E-state index in [4.69, 9.17) is 10.5 Å². The number of aromatic amines is 1. The van der Waals surface area contributed by atoms with Crippen LogP contribution in [0.4, 0.5) is 5.95 Å². The molecule has 0 unspecified atom stereocenters. The number of hydrogen-bond acceptors (Lipinski definition) is 7. The van der Waals surface area contributed by atoms with Crippen molar-refractivity contribution in [1.29, 1.82) is 0 Å². The Hall–Kier alpha value is -1.94. The Balaban J connectivity index is 2.18. The zero-order valence-corrected chi connectivity index (χ0v) is 11.9. The number of nitrogens with two attached hydrogens (primary N) is 1. The molecular weight excluding hydrogens is 292 g/mol. The Morgan fingerprint density at radius 3 is 2.77 bits per heavy atom. The molecule has 2 aromatic rings. The third-order valence-electron chi connectivity index (χ3n) is 3.95. The van der Waals surface area contributed by atoms with Crippen LogP contribution in [0.3, 0.4) is 0 Å². The van der Waals surface area contributed by atoms with Gasteiger partial charge in [-0.1, -0.05) is 6.92 Å². The number of rotatable bonds is 3. The normalized spacial score (nSPS) is 28.5. The number of nitrogens with one attached hydrogen (secondary N) is 1. The number of fused-ring (bicyclic) bond motifs is 1. The molecule has 9 heteroatoms. The van der Waals surface area contributed by atoms with Gasteiger partial charge in [0.25, 0.3) is 5.56 Å². The lowest BCUT2D eigenvalue weighted by Gasteiger charge is -2.17. The van der Waals surface area contributed by atoms with Crippen LogP contribution in [0, 0.1) is 0 Å². The standard InChI is InChI=1S/C13H18N4O5/c1-2-5-3-17(10-7(5)11(21)16-13(14)15-10)12-9(20)8(19)6(4-18)22-12/h3,6,8-9,12,18-20H,2,4H2,1H3,(H3,14,15,16,21)/t6-,8-,9-,12-/m1/s1. The highest BCUT2D eigenvalue weighted by molar-refractivity contribution is 5.80. The molecule has 1 aliphatic heterocycles.